The highest BCUT2D eigenvalue weighted by molar-refractivity contribution is 5.62. The molecule has 7 nitrogen and oxygen atoms in total. The van der Waals surface area contributed by atoms with Crippen molar-refractivity contribution in [2.24, 2.45) is 0 Å². The molecule has 0 heterocycles. The molecular weight excluding hydrogens is 250 g/mol. The second-order valence-corrected chi connectivity index (χ2v) is 4.08. The van der Waals surface area contributed by atoms with Crippen molar-refractivity contribution < 1.29 is 15.1 Å². The Bertz CT molecular complexity index is 419. The minimum atomic E-state index is -0.433. The molecule has 0 atom stereocenters. The zero-order valence-electron chi connectivity index (χ0n) is 10.9. The number of nitro groups is 1. The minimum Gasteiger partial charge on any atom is -0.395 e. The lowest BCUT2D eigenvalue weighted by Gasteiger charge is -2.20. The Kier molecular flexibility index (Phi) is 6.20. The highest BCUT2D eigenvalue weighted by Crippen LogP contribution is 2.25. The monoisotopic (exact) mass is 269 g/mol. The van der Waals surface area contributed by atoms with Gasteiger partial charge in [-0.25, -0.2) is 0 Å². The van der Waals surface area contributed by atoms with Crippen LogP contribution in [0.5, 0.6) is 0 Å². The highest BCUT2D eigenvalue weighted by atomic mass is 16.6. The van der Waals surface area contributed by atoms with Gasteiger partial charge < -0.3 is 15.5 Å². The summed E-state index contributed by atoms with van der Waals surface area (Å²) in [6.07, 6.45) is 0. The van der Waals surface area contributed by atoms with Crippen LogP contribution in [0, 0.1) is 10.1 Å². The summed E-state index contributed by atoms with van der Waals surface area (Å²) in [5, 5.41) is 31.6. The number of nitro benzene ring substituents is 1. The molecule has 0 aliphatic carbocycles. The highest BCUT2D eigenvalue weighted by Gasteiger charge is 2.14. The van der Waals surface area contributed by atoms with Gasteiger partial charge in [-0.1, -0.05) is 6.07 Å². The SMILES string of the molecule is CNc1ccc(CN(CCO)CCO)cc1[N+](=O)[O-]. The van der Waals surface area contributed by atoms with Gasteiger partial charge in [-0.2, -0.15) is 0 Å². The topological polar surface area (TPSA) is 98.9 Å². The van der Waals surface area contributed by atoms with Crippen LogP contribution in [-0.4, -0.2) is 53.4 Å². The number of nitrogens with zero attached hydrogens (tertiary/aromatic N) is 2. The molecule has 0 aliphatic rings. The molecule has 0 saturated heterocycles. The molecule has 0 aromatic heterocycles. The first-order valence-corrected chi connectivity index (χ1v) is 6.01. The van der Waals surface area contributed by atoms with Gasteiger partial charge in [-0.15, -0.1) is 0 Å². The quantitative estimate of drug-likeness (QED) is 0.467. The second kappa shape index (κ2) is 7.67. The zero-order valence-corrected chi connectivity index (χ0v) is 10.9. The molecule has 3 N–H and O–H groups in total. The van der Waals surface area contributed by atoms with Crippen LogP contribution in [0.15, 0.2) is 18.2 Å². The first-order chi connectivity index (χ1) is 9.12. The van der Waals surface area contributed by atoms with E-state index in [1.807, 2.05) is 4.90 Å². The Morgan fingerprint density at radius 2 is 1.95 bits per heavy atom. The van der Waals surface area contributed by atoms with Gasteiger partial charge in [0.1, 0.15) is 5.69 Å². The fraction of sp³-hybridized carbons (Fsp3) is 0.500. The number of benzene rings is 1. The minimum absolute atomic E-state index is 0.0172. The van der Waals surface area contributed by atoms with Crippen molar-refractivity contribution in [3.8, 4) is 0 Å². The molecule has 106 valence electrons. The van der Waals surface area contributed by atoms with E-state index in [9.17, 15) is 10.1 Å². The van der Waals surface area contributed by atoms with Crippen molar-refractivity contribution in [1.29, 1.82) is 0 Å². The van der Waals surface area contributed by atoms with Crippen LogP contribution in [-0.2, 0) is 6.54 Å². The average molecular weight is 269 g/mol. The number of hydrogen-bond acceptors (Lipinski definition) is 6. The molecule has 0 amide bonds. The molecule has 0 saturated carbocycles. The number of aliphatic hydroxyl groups excluding tert-OH is 2. The summed E-state index contributed by atoms with van der Waals surface area (Å²) >= 11 is 0. The first kappa shape index (κ1) is 15.4. The van der Waals surface area contributed by atoms with E-state index in [0.717, 1.165) is 5.56 Å². The number of rotatable bonds is 8. The molecule has 1 aromatic carbocycles. The van der Waals surface area contributed by atoms with Crippen LogP contribution in [0.1, 0.15) is 5.56 Å². The lowest BCUT2D eigenvalue weighted by Crippen LogP contribution is -2.29. The number of aliphatic hydroxyl groups is 2. The molecule has 1 rings (SSSR count). The van der Waals surface area contributed by atoms with E-state index < -0.39 is 4.92 Å². The number of hydrogen-bond donors (Lipinski definition) is 3. The molecule has 0 unspecified atom stereocenters. The lowest BCUT2D eigenvalue weighted by atomic mass is 10.1. The van der Waals surface area contributed by atoms with E-state index in [0.29, 0.717) is 25.3 Å². The summed E-state index contributed by atoms with van der Waals surface area (Å²) < 4.78 is 0. The van der Waals surface area contributed by atoms with E-state index in [1.165, 1.54) is 6.07 Å². The largest absolute Gasteiger partial charge is 0.395 e. The van der Waals surface area contributed by atoms with Crippen molar-refractivity contribution in [3.05, 3.63) is 33.9 Å². The maximum atomic E-state index is 10.9. The van der Waals surface area contributed by atoms with Crippen LogP contribution < -0.4 is 5.32 Å². The predicted octanol–water partition coefficient (Wildman–Crippen LogP) is 0.423. The van der Waals surface area contributed by atoms with Gasteiger partial charge >= 0.3 is 0 Å². The van der Waals surface area contributed by atoms with Crippen LogP contribution in [0.2, 0.25) is 0 Å². The summed E-state index contributed by atoms with van der Waals surface area (Å²) in [4.78, 5) is 12.3. The molecular formula is C12H19N3O4. The molecule has 0 spiro atoms. The fourth-order valence-corrected chi connectivity index (χ4v) is 1.85. The second-order valence-electron chi connectivity index (χ2n) is 4.08. The van der Waals surface area contributed by atoms with Gasteiger partial charge in [-0.05, 0) is 11.6 Å². The van der Waals surface area contributed by atoms with E-state index >= 15 is 0 Å². The van der Waals surface area contributed by atoms with E-state index in [2.05, 4.69) is 5.32 Å². The third-order valence-electron chi connectivity index (χ3n) is 2.77. The third-order valence-corrected chi connectivity index (χ3v) is 2.77. The predicted molar refractivity (Wildman–Crippen MR) is 72.1 cm³/mol. The van der Waals surface area contributed by atoms with Crippen LogP contribution >= 0.6 is 0 Å². The summed E-state index contributed by atoms with van der Waals surface area (Å²) in [7, 11) is 1.63. The van der Waals surface area contributed by atoms with Crippen molar-refractivity contribution in [2.45, 2.75) is 6.54 Å². The Morgan fingerprint density at radius 1 is 1.32 bits per heavy atom. The van der Waals surface area contributed by atoms with Gasteiger partial charge in [0.2, 0.25) is 0 Å². The number of nitrogens with one attached hydrogen (secondary N) is 1. The average Bonchev–Trinajstić information content (AvgIpc) is 2.39. The standard InChI is InChI=1S/C12H19N3O4/c1-13-11-3-2-10(8-12(11)15(18)19)9-14(4-6-16)5-7-17/h2-3,8,13,16-17H,4-7,9H2,1H3. The summed E-state index contributed by atoms with van der Waals surface area (Å²) in [5.74, 6) is 0. The number of anilines is 1. The van der Waals surface area contributed by atoms with Crippen molar-refractivity contribution in [1.82, 2.24) is 4.90 Å². The van der Waals surface area contributed by atoms with Crippen LogP contribution in [0.25, 0.3) is 0 Å². The first-order valence-electron chi connectivity index (χ1n) is 6.01. The molecule has 0 aliphatic heterocycles. The van der Waals surface area contributed by atoms with Crippen molar-refractivity contribution in [3.63, 3.8) is 0 Å². The smallest absolute Gasteiger partial charge is 0.292 e. The Hall–Kier alpha value is -1.70. The van der Waals surface area contributed by atoms with E-state index in [-0.39, 0.29) is 18.9 Å². The Balaban J connectivity index is 2.88. The summed E-state index contributed by atoms with van der Waals surface area (Å²) in [5.41, 5.74) is 1.25. The third kappa shape index (κ3) is 4.47. The molecule has 1 aromatic rings. The summed E-state index contributed by atoms with van der Waals surface area (Å²) in [6, 6.07) is 4.96. The van der Waals surface area contributed by atoms with Crippen LogP contribution in [0.4, 0.5) is 11.4 Å². The normalized spacial score (nSPS) is 10.7. The van der Waals surface area contributed by atoms with Gasteiger partial charge in [0.25, 0.3) is 5.69 Å². The maximum Gasteiger partial charge on any atom is 0.292 e. The van der Waals surface area contributed by atoms with Gasteiger partial charge in [0, 0.05) is 32.7 Å². The van der Waals surface area contributed by atoms with Gasteiger partial charge in [0.15, 0.2) is 0 Å². The van der Waals surface area contributed by atoms with E-state index in [1.54, 1.807) is 19.2 Å². The Labute approximate surface area is 111 Å². The van der Waals surface area contributed by atoms with Crippen molar-refractivity contribution >= 4 is 11.4 Å². The van der Waals surface area contributed by atoms with Gasteiger partial charge in [-0.3, -0.25) is 15.0 Å². The maximum absolute atomic E-state index is 10.9. The Morgan fingerprint density at radius 3 is 2.42 bits per heavy atom. The fourth-order valence-electron chi connectivity index (χ4n) is 1.85. The summed E-state index contributed by atoms with van der Waals surface area (Å²) in [6.45, 7) is 1.25. The van der Waals surface area contributed by atoms with Crippen LogP contribution in [0.3, 0.4) is 0 Å². The molecule has 0 fully saturated rings. The molecule has 0 bridgehead atoms. The van der Waals surface area contributed by atoms with E-state index in [4.69, 9.17) is 10.2 Å². The zero-order chi connectivity index (χ0) is 14.3. The molecule has 0 radical (unpaired) electrons. The molecule has 19 heavy (non-hydrogen) atoms. The lowest BCUT2D eigenvalue weighted by molar-refractivity contribution is -0.384. The molecule has 7 heteroatoms. The van der Waals surface area contributed by atoms with Gasteiger partial charge in [0.05, 0.1) is 18.1 Å². The van der Waals surface area contributed by atoms with Crippen molar-refractivity contribution in [2.75, 3.05) is 38.7 Å².